The van der Waals surface area contributed by atoms with E-state index in [4.69, 9.17) is 4.74 Å². The minimum atomic E-state index is -0.454. The van der Waals surface area contributed by atoms with Gasteiger partial charge in [-0.2, -0.15) is 0 Å². The Morgan fingerprint density at radius 1 is 1.80 bits per heavy atom. The minimum Gasteiger partial charge on any atom is -0.385 e. The Morgan fingerprint density at radius 3 is 3.10 bits per heavy atom. The van der Waals surface area contributed by atoms with Gasteiger partial charge in [0.15, 0.2) is 0 Å². The molecule has 3 heteroatoms. The molecule has 0 saturated heterocycles. The van der Waals surface area contributed by atoms with Crippen LogP contribution in [0.3, 0.4) is 0 Å². The molecule has 10 heavy (non-hydrogen) atoms. The lowest BCUT2D eigenvalue weighted by molar-refractivity contribution is 0.0666. The summed E-state index contributed by atoms with van der Waals surface area (Å²) < 4.78 is 4.78. The Morgan fingerprint density at radius 2 is 2.60 bits per heavy atom. The standard InChI is InChI=1S/C7H10O2S/c1-9-5-6(8)7-3-2-4-10-7/h2-4,6,8H,5H2,1H3. The van der Waals surface area contributed by atoms with Crippen LogP contribution >= 0.6 is 11.3 Å². The summed E-state index contributed by atoms with van der Waals surface area (Å²) in [5.74, 6) is 0. The third-order valence-electron chi connectivity index (χ3n) is 1.20. The first-order valence-corrected chi connectivity index (χ1v) is 3.93. The van der Waals surface area contributed by atoms with E-state index in [2.05, 4.69) is 0 Å². The van der Waals surface area contributed by atoms with E-state index in [1.807, 2.05) is 17.5 Å². The van der Waals surface area contributed by atoms with Gasteiger partial charge in [-0.15, -0.1) is 11.3 Å². The van der Waals surface area contributed by atoms with Crippen LogP contribution in [-0.2, 0) is 4.74 Å². The minimum absolute atomic E-state index is 0.376. The number of aliphatic hydroxyl groups is 1. The van der Waals surface area contributed by atoms with E-state index in [9.17, 15) is 5.11 Å². The number of aliphatic hydroxyl groups excluding tert-OH is 1. The van der Waals surface area contributed by atoms with Gasteiger partial charge in [-0.05, 0) is 11.4 Å². The Bertz CT molecular complexity index is 172. The molecule has 1 rings (SSSR count). The number of ether oxygens (including phenoxy) is 1. The molecule has 0 aliphatic heterocycles. The van der Waals surface area contributed by atoms with Gasteiger partial charge in [-0.25, -0.2) is 0 Å². The van der Waals surface area contributed by atoms with E-state index in [0.717, 1.165) is 4.88 Å². The predicted octanol–water partition coefficient (Wildman–Crippen LogP) is 1.43. The van der Waals surface area contributed by atoms with Gasteiger partial charge in [0.25, 0.3) is 0 Å². The molecule has 0 saturated carbocycles. The van der Waals surface area contributed by atoms with Crippen LogP contribution in [0.25, 0.3) is 0 Å². The summed E-state index contributed by atoms with van der Waals surface area (Å²) in [6.45, 7) is 0.376. The molecular formula is C7H10O2S. The zero-order valence-corrected chi connectivity index (χ0v) is 6.60. The number of methoxy groups -OCH3 is 1. The molecule has 1 unspecified atom stereocenters. The summed E-state index contributed by atoms with van der Waals surface area (Å²) in [5, 5.41) is 11.2. The summed E-state index contributed by atoms with van der Waals surface area (Å²) >= 11 is 1.54. The number of hydrogen-bond donors (Lipinski definition) is 1. The average molecular weight is 158 g/mol. The molecule has 1 N–H and O–H groups in total. The first-order chi connectivity index (χ1) is 4.84. The average Bonchev–Trinajstić information content (AvgIpc) is 2.38. The SMILES string of the molecule is COCC(O)c1cccs1. The van der Waals surface area contributed by atoms with E-state index in [0.29, 0.717) is 6.61 Å². The molecule has 0 spiro atoms. The van der Waals surface area contributed by atoms with Gasteiger partial charge < -0.3 is 9.84 Å². The first kappa shape index (κ1) is 7.72. The van der Waals surface area contributed by atoms with Crippen molar-refractivity contribution in [3.8, 4) is 0 Å². The molecule has 1 atom stereocenters. The van der Waals surface area contributed by atoms with Crippen LogP contribution < -0.4 is 0 Å². The van der Waals surface area contributed by atoms with Gasteiger partial charge in [0.2, 0.25) is 0 Å². The predicted molar refractivity (Wildman–Crippen MR) is 41.2 cm³/mol. The van der Waals surface area contributed by atoms with Gasteiger partial charge in [-0.3, -0.25) is 0 Å². The summed E-state index contributed by atoms with van der Waals surface area (Å²) in [5.41, 5.74) is 0. The second kappa shape index (κ2) is 3.71. The monoisotopic (exact) mass is 158 g/mol. The van der Waals surface area contributed by atoms with E-state index < -0.39 is 6.10 Å². The fourth-order valence-corrected chi connectivity index (χ4v) is 1.42. The Labute approximate surface area is 64.1 Å². The maximum absolute atomic E-state index is 9.29. The lowest BCUT2D eigenvalue weighted by Crippen LogP contribution is -2.02. The third-order valence-corrected chi connectivity index (χ3v) is 2.17. The fourth-order valence-electron chi connectivity index (χ4n) is 0.721. The molecule has 0 aliphatic carbocycles. The number of thiophene rings is 1. The zero-order chi connectivity index (χ0) is 7.40. The van der Waals surface area contributed by atoms with Gasteiger partial charge in [0, 0.05) is 12.0 Å². The molecule has 0 bridgehead atoms. The van der Waals surface area contributed by atoms with Crippen molar-refractivity contribution in [1.82, 2.24) is 0 Å². The smallest absolute Gasteiger partial charge is 0.111 e. The quantitative estimate of drug-likeness (QED) is 0.721. The second-order valence-electron chi connectivity index (χ2n) is 1.99. The maximum Gasteiger partial charge on any atom is 0.111 e. The highest BCUT2D eigenvalue weighted by Gasteiger charge is 2.05. The van der Waals surface area contributed by atoms with Crippen LogP contribution in [0, 0.1) is 0 Å². The van der Waals surface area contributed by atoms with Crippen molar-refractivity contribution >= 4 is 11.3 Å². The molecule has 1 heterocycles. The van der Waals surface area contributed by atoms with Crippen molar-refractivity contribution in [2.75, 3.05) is 13.7 Å². The summed E-state index contributed by atoms with van der Waals surface area (Å²) in [6.07, 6.45) is -0.454. The molecule has 56 valence electrons. The van der Waals surface area contributed by atoms with Crippen molar-refractivity contribution in [1.29, 1.82) is 0 Å². The highest BCUT2D eigenvalue weighted by molar-refractivity contribution is 7.10. The molecular weight excluding hydrogens is 148 g/mol. The van der Waals surface area contributed by atoms with Crippen LogP contribution in [-0.4, -0.2) is 18.8 Å². The molecule has 2 nitrogen and oxygen atoms in total. The molecule has 0 fully saturated rings. The van der Waals surface area contributed by atoms with Crippen LogP contribution in [0.4, 0.5) is 0 Å². The van der Waals surface area contributed by atoms with E-state index in [-0.39, 0.29) is 0 Å². The summed E-state index contributed by atoms with van der Waals surface area (Å²) in [7, 11) is 1.58. The normalized spacial score (nSPS) is 13.4. The van der Waals surface area contributed by atoms with Crippen molar-refractivity contribution in [2.24, 2.45) is 0 Å². The van der Waals surface area contributed by atoms with E-state index in [1.165, 1.54) is 0 Å². The second-order valence-corrected chi connectivity index (χ2v) is 2.97. The molecule has 1 aromatic rings. The van der Waals surface area contributed by atoms with Crippen LogP contribution in [0.15, 0.2) is 17.5 Å². The first-order valence-electron chi connectivity index (χ1n) is 3.05. The van der Waals surface area contributed by atoms with Crippen molar-refractivity contribution < 1.29 is 9.84 Å². The van der Waals surface area contributed by atoms with E-state index in [1.54, 1.807) is 18.4 Å². The molecule has 0 amide bonds. The largest absolute Gasteiger partial charge is 0.385 e. The third kappa shape index (κ3) is 1.80. The number of hydrogen-bond acceptors (Lipinski definition) is 3. The zero-order valence-electron chi connectivity index (χ0n) is 5.78. The van der Waals surface area contributed by atoms with Crippen molar-refractivity contribution in [3.63, 3.8) is 0 Å². The molecule has 0 aromatic carbocycles. The lowest BCUT2D eigenvalue weighted by atomic mass is 10.3. The highest BCUT2D eigenvalue weighted by atomic mass is 32.1. The van der Waals surface area contributed by atoms with Gasteiger partial charge in [-0.1, -0.05) is 6.07 Å². The maximum atomic E-state index is 9.29. The van der Waals surface area contributed by atoms with E-state index >= 15 is 0 Å². The fraction of sp³-hybridized carbons (Fsp3) is 0.429. The van der Waals surface area contributed by atoms with Crippen LogP contribution in [0.2, 0.25) is 0 Å². The van der Waals surface area contributed by atoms with Crippen LogP contribution in [0.1, 0.15) is 11.0 Å². The Balaban J connectivity index is 2.50. The molecule has 0 radical (unpaired) electrons. The lowest BCUT2D eigenvalue weighted by Gasteiger charge is -2.04. The molecule has 1 aromatic heterocycles. The molecule has 0 aliphatic rings. The van der Waals surface area contributed by atoms with Gasteiger partial charge in [0.05, 0.1) is 6.61 Å². The number of rotatable bonds is 3. The Hall–Kier alpha value is -0.380. The summed E-state index contributed by atoms with van der Waals surface area (Å²) in [6, 6.07) is 3.81. The van der Waals surface area contributed by atoms with Gasteiger partial charge in [0.1, 0.15) is 6.10 Å². The highest BCUT2D eigenvalue weighted by Crippen LogP contribution is 2.18. The van der Waals surface area contributed by atoms with Gasteiger partial charge >= 0.3 is 0 Å². The summed E-state index contributed by atoms with van der Waals surface area (Å²) in [4.78, 5) is 0.960. The topological polar surface area (TPSA) is 29.5 Å². The van der Waals surface area contributed by atoms with Crippen molar-refractivity contribution in [3.05, 3.63) is 22.4 Å². The van der Waals surface area contributed by atoms with Crippen molar-refractivity contribution in [2.45, 2.75) is 6.10 Å². The Kier molecular flexibility index (Phi) is 2.86. The van der Waals surface area contributed by atoms with Crippen LogP contribution in [0.5, 0.6) is 0 Å².